The average Bonchev–Trinajstić information content (AvgIpc) is 2.56. The van der Waals surface area contributed by atoms with Gasteiger partial charge in [-0.05, 0) is 56.9 Å². The van der Waals surface area contributed by atoms with Crippen molar-refractivity contribution in [2.24, 2.45) is 0 Å². The number of carbonyl (C=O) groups is 2. The molecule has 24 heavy (non-hydrogen) atoms. The molecule has 7 heteroatoms. The summed E-state index contributed by atoms with van der Waals surface area (Å²) in [7, 11) is -3.61. The zero-order valence-corrected chi connectivity index (χ0v) is 14.8. The SMILES string of the molecule is CC[C@@H](C)NS(=O)(=O)c1ccc(C(=O)O[C@@H]2CCCCC2=O)cc1. The lowest BCUT2D eigenvalue weighted by Gasteiger charge is -2.20. The van der Waals surface area contributed by atoms with Gasteiger partial charge in [0, 0.05) is 12.5 Å². The molecule has 0 spiro atoms. The van der Waals surface area contributed by atoms with Crippen molar-refractivity contribution < 1.29 is 22.7 Å². The summed E-state index contributed by atoms with van der Waals surface area (Å²) in [5, 5.41) is 0. The second kappa shape index (κ2) is 7.90. The number of Topliss-reactive ketones (excluding diaryl/α,β-unsaturated/α-hetero) is 1. The van der Waals surface area contributed by atoms with E-state index in [0.29, 0.717) is 19.3 Å². The first kappa shape index (κ1) is 18.6. The summed E-state index contributed by atoms with van der Waals surface area (Å²) in [5.41, 5.74) is 0.232. The Labute approximate surface area is 142 Å². The first-order valence-electron chi connectivity index (χ1n) is 8.19. The minimum Gasteiger partial charge on any atom is -0.451 e. The van der Waals surface area contributed by atoms with Gasteiger partial charge in [-0.3, -0.25) is 4.79 Å². The smallest absolute Gasteiger partial charge is 0.338 e. The number of nitrogens with one attached hydrogen (secondary N) is 1. The second-order valence-electron chi connectivity index (χ2n) is 6.06. The molecule has 0 amide bonds. The number of hydrogen-bond acceptors (Lipinski definition) is 5. The largest absolute Gasteiger partial charge is 0.451 e. The third-order valence-electron chi connectivity index (χ3n) is 4.12. The number of rotatable bonds is 6. The Kier molecular flexibility index (Phi) is 6.12. The first-order chi connectivity index (χ1) is 11.3. The van der Waals surface area contributed by atoms with Crippen LogP contribution in [0.25, 0.3) is 0 Å². The Bertz CT molecular complexity index is 696. The van der Waals surface area contributed by atoms with E-state index in [9.17, 15) is 18.0 Å². The van der Waals surface area contributed by atoms with Crippen LogP contribution in [0, 0.1) is 0 Å². The molecule has 1 N–H and O–H groups in total. The fourth-order valence-corrected chi connectivity index (χ4v) is 3.79. The highest BCUT2D eigenvalue weighted by molar-refractivity contribution is 7.89. The number of esters is 1. The Morgan fingerprint density at radius 3 is 2.54 bits per heavy atom. The van der Waals surface area contributed by atoms with Crippen molar-refractivity contribution in [2.45, 2.75) is 63.0 Å². The maximum atomic E-state index is 12.2. The molecule has 0 aliphatic heterocycles. The maximum Gasteiger partial charge on any atom is 0.338 e. The van der Waals surface area contributed by atoms with E-state index >= 15 is 0 Å². The molecular weight excluding hydrogens is 330 g/mol. The molecule has 1 aliphatic carbocycles. The van der Waals surface area contributed by atoms with Crippen molar-refractivity contribution in [2.75, 3.05) is 0 Å². The third kappa shape index (κ3) is 4.64. The van der Waals surface area contributed by atoms with E-state index in [1.54, 1.807) is 6.92 Å². The van der Waals surface area contributed by atoms with E-state index in [0.717, 1.165) is 12.8 Å². The van der Waals surface area contributed by atoms with Gasteiger partial charge in [-0.1, -0.05) is 6.92 Å². The maximum absolute atomic E-state index is 12.2. The van der Waals surface area contributed by atoms with Gasteiger partial charge in [-0.2, -0.15) is 0 Å². The van der Waals surface area contributed by atoms with Crippen molar-refractivity contribution in [3.63, 3.8) is 0 Å². The lowest BCUT2D eigenvalue weighted by atomic mass is 9.96. The normalized spacial score (nSPS) is 19.8. The Morgan fingerprint density at radius 2 is 1.96 bits per heavy atom. The molecule has 1 fully saturated rings. The summed E-state index contributed by atoms with van der Waals surface area (Å²) in [6.07, 6.45) is 2.69. The quantitative estimate of drug-likeness (QED) is 0.793. The third-order valence-corrected chi connectivity index (χ3v) is 5.72. The Morgan fingerprint density at radius 1 is 1.29 bits per heavy atom. The Balaban J connectivity index is 2.05. The van der Waals surface area contributed by atoms with Crippen LogP contribution in [0.1, 0.15) is 56.3 Å². The van der Waals surface area contributed by atoms with E-state index in [-0.39, 0.29) is 22.3 Å². The van der Waals surface area contributed by atoms with Crippen LogP contribution in [0.3, 0.4) is 0 Å². The summed E-state index contributed by atoms with van der Waals surface area (Å²) < 4.78 is 32.1. The van der Waals surface area contributed by atoms with Crippen molar-refractivity contribution in [3.8, 4) is 0 Å². The molecule has 0 heterocycles. The topological polar surface area (TPSA) is 89.5 Å². The molecule has 6 nitrogen and oxygen atoms in total. The zero-order valence-electron chi connectivity index (χ0n) is 13.9. The molecule has 0 aromatic heterocycles. The number of carbonyl (C=O) groups excluding carboxylic acids is 2. The van der Waals surface area contributed by atoms with Crippen LogP contribution < -0.4 is 4.72 Å². The van der Waals surface area contributed by atoms with E-state index in [2.05, 4.69) is 4.72 Å². The van der Waals surface area contributed by atoms with Gasteiger partial charge in [0.15, 0.2) is 11.9 Å². The van der Waals surface area contributed by atoms with E-state index < -0.39 is 22.1 Å². The van der Waals surface area contributed by atoms with Gasteiger partial charge in [0.05, 0.1) is 10.5 Å². The average molecular weight is 353 g/mol. The van der Waals surface area contributed by atoms with E-state index in [4.69, 9.17) is 4.74 Å². The summed E-state index contributed by atoms with van der Waals surface area (Å²) in [4.78, 5) is 23.9. The number of ketones is 1. The van der Waals surface area contributed by atoms with Gasteiger partial charge >= 0.3 is 5.97 Å². The van der Waals surface area contributed by atoms with Crippen molar-refractivity contribution in [3.05, 3.63) is 29.8 Å². The van der Waals surface area contributed by atoms with Gasteiger partial charge in [-0.15, -0.1) is 0 Å². The highest BCUT2D eigenvalue weighted by Crippen LogP contribution is 2.19. The molecule has 0 unspecified atom stereocenters. The molecule has 2 atom stereocenters. The molecule has 0 radical (unpaired) electrons. The molecule has 1 aliphatic rings. The highest BCUT2D eigenvalue weighted by Gasteiger charge is 2.26. The van der Waals surface area contributed by atoms with Crippen molar-refractivity contribution in [1.29, 1.82) is 0 Å². The van der Waals surface area contributed by atoms with Crippen LogP contribution in [-0.2, 0) is 19.6 Å². The lowest BCUT2D eigenvalue weighted by Crippen LogP contribution is -2.32. The van der Waals surface area contributed by atoms with E-state index in [1.807, 2.05) is 6.92 Å². The molecule has 1 aromatic carbocycles. The predicted octanol–water partition coefficient (Wildman–Crippen LogP) is 2.43. The van der Waals surface area contributed by atoms with Gasteiger partial charge in [-0.25, -0.2) is 17.9 Å². The van der Waals surface area contributed by atoms with Crippen LogP contribution in [0.15, 0.2) is 29.2 Å². The number of ether oxygens (including phenoxy) is 1. The van der Waals surface area contributed by atoms with Gasteiger partial charge in [0.1, 0.15) is 0 Å². The van der Waals surface area contributed by atoms with Gasteiger partial charge < -0.3 is 4.74 Å². The van der Waals surface area contributed by atoms with Crippen LogP contribution in [-0.4, -0.2) is 32.3 Å². The fraction of sp³-hybridized carbons (Fsp3) is 0.529. The summed E-state index contributed by atoms with van der Waals surface area (Å²) in [5.74, 6) is -0.652. The van der Waals surface area contributed by atoms with Crippen molar-refractivity contribution in [1.82, 2.24) is 4.72 Å². The fourth-order valence-electron chi connectivity index (χ4n) is 2.46. The molecule has 0 saturated heterocycles. The molecule has 1 aromatic rings. The number of benzene rings is 1. The zero-order chi connectivity index (χ0) is 17.7. The molecular formula is C17H23NO5S. The first-order valence-corrected chi connectivity index (χ1v) is 9.68. The second-order valence-corrected chi connectivity index (χ2v) is 7.77. The number of sulfonamides is 1. The minimum absolute atomic E-state index is 0.0495. The van der Waals surface area contributed by atoms with Gasteiger partial charge in [0.25, 0.3) is 0 Å². The molecule has 1 saturated carbocycles. The lowest BCUT2D eigenvalue weighted by molar-refractivity contribution is -0.129. The molecule has 2 rings (SSSR count). The number of hydrogen-bond donors (Lipinski definition) is 1. The molecule has 0 bridgehead atoms. The van der Waals surface area contributed by atoms with Gasteiger partial charge in [0.2, 0.25) is 10.0 Å². The van der Waals surface area contributed by atoms with Crippen LogP contribution in [0.2, 0.25) is 0 Å². The summed E-state index contributed by atoms with van der Waals surface area (Å²) in [6.45, 7) is 3.67. The van der Waals surface area contributed by atoms with Crippen LogP contribution >= 0.6 is 0 Å². The predicted molar refractivity (Wildman–Crippen MR) is 89.2 cm³/mol. The highest BCUT2D eigenvalue weighted by atomic mass is 32.2. The summed E-state index contributed by atoms with van der Waals surface area (Å²) >= 11 is 0. The monoisotopic (exact) mass is 353 g/mol. The van der Waals surface area contributed by atoms with E-state index in [1.165, 1.54) is 24.3 Å². The minimum atomic E-state index is -3.61. The van der Waals surface area contributed by atoms with Crippen molar-refractivity contribution >= 4 is 21.8 Å². The van der Waals surface area contributed by atoms with Crippen LogP contribution in [0.4, 0.5) is 0 Å². The summed E-state index contributed by atoms with van der Waals surface area (Å²) in [6, 6.07) is 5.37. The standard InChI is InChI=1S/C17H23NO5S/c1-3-12(2)18-24(21,22)14-10-8-13(9-11-14)17(20)23-16-7-5-4-6-15(16)19/h8-12,16,18H,3-7H2,1-2H3/t12-,16-/m1/s1. The van der Waals surface area contributed by atoms with Crippen LogP contribution in [0.5, 0.6) is 0 Å². The molecule has 132 valence electrons. The Hall–Kier alpha value is -1.73.